The molecule has 0 spiro atoms. The van der Waals surface area contributed by atoms with E-state index in [4.69, 9.17) is 5.73 Å². The maximum absolute atomic E-state index is 5.31. The van der Waals surface area contributed by atoms with Gasteiger partial charge in [0.05, 0.1) is 5.56 Å². The zero-order chi connectivity index (χ0) is 8.81. The summed E-state index contributed by atoms with van der Waals surface area (Å²) in [5.41, 5.74) is 6.13. The molecule has 1 rings (SSSR count). The summed E-state index contributed by atoms with van der Waals surface area (Å²) >= 11 is 0. The molecule has 0 fully saturated rings. The molecule has 0 aliphatic rings. The van der Waals surface area contributed by atoms with Crippen molar-refractivity contribution in [1.29, 1.82) is 0 Å². The minimum atomic E-state index is 0.288. The Bertz CT molecular complexity index is 292. The fourth-order valence-corrected chi connectivity index (χ4v) is 0.692. The lowest BCUT2D eigenvalue weighted by atomic mass is 10.3. The number of nitrogen functional groups attached to an aromatic ring is 1. The van der Waals surface area contributed by atoms with Crippen molar-refractivity contribution in [1.82, 2.24) is 9.97 Å². The summed E-state index contributed by atoms with van der Waals surface area (Å²) in [6.07, 6.45) is 5.24. The van der Waals surface area contributed by atoms with Crippen LogP contribution in [0.3, 0.4) is 0 Å². The molecule has 1 heterocycles. The predicted octanol–water partition coefficient (Wildman–Crippen LogP) is 1.21. The van der Waals surface area contributed by atoms with Gasteiger partial charge in [0.25, 0.3) is 0 Å². The van der Waals surface area contributed by atoms with Crippen molar-refractivity contribution in [2.45, 2.75) is 19.8 Å². The lowest BCUT2D eigenvalue weighted by Crippen LogP contribution is -1.93. The Labute approximate surface area is 72.0 Å². The minimum absolute atomic E-state index is 0.288. The first-order valence-corrected chi connectivity index (χ1v) is 3.89. The van der Waals surface area contributed by atoms with Crippen LogP contribution >= 0.6 is 0 Å². The Morgan fingerprint density at radius 3 is 2.67 bits per heavy atom. The smallest absolute Gasteiger partial charge is 0.219 e. The van der Waals surface area contributed by atoms with Crippen molar-refractivity contribution in [2.24, 2.45) is 0 Å². The van der Waals surface area contributed by atoms with Gasteiger partial charge < -0.3 is 5.73 Å². The van der Waals surface area contributed by atoms with Crippen molar-refractivity contribution in [3.8, 4) is 11.8 Å². The third-order valence-electron chi connectivity index (χ3n) is 1.28. The largest absolute Gasteiger partial charge is 0.368 e. The van der Waals surface area contributed by atoms with Crippen LogP contribution < -0.4 is 5.73 Å². The molecule has 2 N–H and O–H groups in total. The lowest BCUT2D eigenvalue weighted by molar-refractivity contribution is 0.983. The second kappa shape index (κ2) is 4.35. The van der Waals surface area contributed by atoms with Gasteiger partial charge in [-0.3, -0.25) is 0 Å². The van der Waals surface area contributed by atoms with Crippen molar-refractivity contribution < 1.29 is 0 Å². The molecule has 0 aliphatic carbocycles. The molecule has 0 saturated carbocycles. The van der Waals surface area contributed by atoms with E-state index < -0.39 is 0 Å². The molecule has 0 saturated heterocycles. The van der Waals surface area contributed by atoms with E-state index in [1.165, 1.54) is 0 Å². The highest BCUT2D eigenvalue weighted by atomic mass is 15.0. The van der Waals surface area contributed by atoms with Crippen molar-refractivity contribution >= 4 is 5.95 Å². The van der Waals surface area contributed by atoms with Crippen LogP contribution in [0.5, 0.6) is 0 Å². The van der Waals surface area contributed by atoms with E-state index in [1.807, 2.05) is 0 Å². The van der Waals surface area contributed by atoms with Gasteiger partial charge in [-0.2, -0.15) is 0 Å². The molecule has 3 nitrogen and oxygen atoms in total. The van der Waals surface area contributed by atoms with Crippen LogP contribution in [-0.2, 0) is 0 Å². The summed E-state index contributed by atoms with van der Waals surface area (Å²) in [5.74, 6) is 6.23. The standard InChI is InChI=1S/C9H11N3/c1-2-3-4-5-8-6-11-9(10)12-7-8/h6-7H,2-3H2,1H3,(H2,10,11,12). The van der Waals surface area contributed by atoms with E-state index in [1.54, 1.807) is 12.4 Å². The molecule has 0 unspecified atom stereocenters. The maximum Gasteiger partial charge on any atom is 0.219 e. The van der Waals surface area contributed by atoms with E-state index in [-0.39, 0.29) is 5.95 Å². The summed E-state index contributed by atoms with van der Waals surface area (Å²) in [7, 11) is 0. The number of hydrogen-bond acceptors (Lipinski definition) is 3. The van der Waals surface area contributed by atoms with Gasteiger partial charge in [-0.15, -0.1) is 0 Å². The molecular formula is C9H11N3. The van der Waals surface area contributed by atoms with Gasteiger partial charge in [-0.05, 0) is 6.42 Å². The molecule has 3 heteroatoms. The van der Waals surface area contributed by atoms with E-state index in [0.717, 1.165) is 18.4 Å². The number of anilines is 1. The van der Waals surface area contributed by atoms with Crippen LogP contribution in [0.1, 0.15) is 25.3 Å². The number of nitrogens with two attached hydrogens (primary N) is 1. The summed E-state index contributed by atoms with van der Waals surface area (Å²) in [6.45, 7) is 2.09. The third kappa shape index (κ3) is 2.59. The number of hydrogen-bond donors (Lipinski definition) is 1. The fraction of sp³-hybridized carbons (Fsp3) is 0.333. The maximum atomic E-state index is 5.31. The van der Waals surface area contributed by atoms with Crippen LogP contribution in [0.2, 0.25) is 0 Å². The van der Waals surface area contributed by atoms with Crippen LogP contribution in [0, 0.1) is 11.8 Å². The predicted molar refractivity (Wildman–Crippen MR) is 48.2 cm³/mol. The van der Waals surface area contributed by atoms with Crippen molar-refractivity contribution in [3.05, 3.63) is 18.0 Å². The summed E-state index contributed by atoms with van der Waals surface area (Å²) < 4.78 is 0. The Balaban J connectivity index is 2.66. The molecule has 12 heavy (non-hydrogen) atoms. The highest BCUT2D eigenvalue weighted by molar-refractivity contribution is 5.31. The van der Waals surface area contributed by atoms with E-state index in [9.17, 15) is 0 Å². The van der Waals surface area contributed by atoms with Gasteiger partial charge in [-0.1, -0.05) is 18.8 Å². The van der Waals surface area contributed by atoms with Crippen molar-refractivity contribution in [3.63, 3.8) is 0 Å². The molecule has 0 amide bonds. The van der Waals surface area contributed by atoms with Gasteiger partial charge >= 0.3 is 0 Å². The Kier molecular flexibility index (Phi) is 3.09. The van der Waals surface area contributed by atoms with Gasteiger partial charge in [0, 0.05) is 18.8 Å². The Hall–Kier alpha value is -1.56. The molecule has 0 atom stereocenters. The Morgan fingerprint density at radius 1 is 1.42 bits per heavy atom. The second-order valence-corrected chi connectivity index (χ2v) is 2.38. The topological polar surface area (TPSA) is 51.8 Å². The van der Waals surface area contributed by atoms with Crippen LogP contribution in [0.4, 0.5) is 5.95 Å². The van der Waals surface area contributed by atoms with E-state index >= 15 is 0 Å². The minimum Gasteiger partial charge on any atom is -0.368 e. The van der Waals surface area contributed by atoms with Crippen LogP contribution in [0.25, 0.3) is 0 Å². The normalized spacial score (nSPS) is 8.75. The zero-order valence-electron chi connectivity index (χ0n) is 7.04. The van der Waals surface area contributed by atoms with Gasteiger partial charge in [0.15, 0.2) is 0 Å². The monoisotopic (exact) mass is 161 g/mol. The molecule has 0 aromatic carbocycles. The highest BCUT2D eigenvalue weighted by Gasteiger charge is 1.87. The number of aromatic nitrogens is 2. The number of unbranched alkanes of at least 4 members (excludes halogenated alkanes) is 1. The third-order valence-corrected chi connectivity index (χ3v) is 1.28. The lowest BCUT2D eigenvalue weighted by Gasteiger charge is -1.89. The summed E-state index contributed by atoms with van der Waals surface area (Å²) in [4.78, 5) is 7.64. The second-order valence-electron chi connectivity index (χ2n) is 2.38. The Morgan fingerprint density at radius 2 is 2.08 bits per heavy atom. The molecule has 0 aliphatic heterocycles. The first kappa shape index (κ1) is 8.54. The molecule has 1 aromatic heterocycles. The summed E-state index contributed by atoms with van der Waals surface area (Å²) in [5, 5.41) is 0. The molecular weight excluding hydrogens is 150 g/mol. The molecule has 0 radical (unpaired) electrons. The van der Waals surface area contributed by atoms with E-state index in [2.05, 4.69) is 28.7 Å². The SMILES string of the molecule is CCCC#Cc1cnc(N)nc1. The van der Waals surface area contributed by atoms with Crippen LogP contribution in [-0.4, -0.2) is 9.97 Å². The van der Waals surface area contributed by atoms with Gasteiger partial charge in [-0.25, -0.2) is 9.97 Å². The average molecular weight is 161 g/mol. The van der Waals surface area contributed by atoms with Crippen LogP contribution in [0.15, 0.2) is 12.4 Å². The van der Waals surface area contributed by atoms with Gasteiger partial charge in [0.1, 0.15) is 0 Å². The summed E-state index contributed by atoms with van der Waals surface area (Å²) in [6, 6.07) is 0. The first-order valence-electron chi connectivity index (χ1n) is 3.89. The number of rotatable bonds is 1. The fourth-order valence-electron chi connectivity index (χ4n) is 0.692. The quantitative estimate of drug-likeness (QED) is 0.630. The zero-order valence-corrected chi connectivity index (χ0v) is 7.04. The van der Waals surface area contributed by atoms with Crippen molar-refractivity contribution in [2.75, 3.05) is 5.73 Å². The first-order chi connectivity index (χ1) is 5.83. The molecule has 1 aromatic rings. The number of nitrogens with zero attached hydrogens (tertiary/aromatic N) is 2. The molecule has 62 valence electrons. The van der Waals surface area contributed by atoms with Gasteiger partial charge in [0.2, 0.25) is 5.95 Å². The average Bonchev–Trinajstić information content (AvgIpc) is 2.09. The highest BCUT2D eigenvalue weighted by Crippen LogP contribution is 1.94. The molecule has 0 bridgehead atoms. The van der Waals surface area contributed by atoms with E-state index in [0.29, 0.717) is 0 Å².